The van der Waals surface area contributed by atoms with Gasteiger partial charge in [-0.05, 0) is 18.2 Å². The summed E-state index contributed by atoms with van der Waals surface area (Å²) in [7, 11) is 0. The second-order valence-electron chi connectivity index (χ2n) is 3.15. The predicted molar refractivity (Wildman–Crippen MR) is 65.3 cm³/mol. The van der Waals surface area contributed by atoms with Crippen molar-refractivity contribution in [2.45, 2.75) is 6.18 Å². The van der Waals surface area contributed by atoms with E-state index in [1.165, 1.54) is 0 Å². The molecule has 4 N–H and O–H groups in total. The Hall–Kier alpha value is -1.67. The van der Waals surface area contributed by atoms with E-state index in [2.05, 4.69) is 4.51 Å². The van der Waals surface area contributed by atoms with Crippen molar-refractivity contribution in [3.05, 3.63) is 29.3 Å². The number of guanidine groups is 1. The molecule has 0 aromatic heterocycles. The number of benzene rings is 1. The van der Waals surface area contributed by atoms with Gasteiger partial charge in [-0.3, -0.25) is 10.1 Å². The molecule has 19 heavy (non-hydrogen) atoms. The topological polar surface area (TPSA) is 87.7 Å². The fourth-order valence-electron chi connectivity index (χ4n) is 1.11. The molecule has 0 aliphatic heterocycles. The summed E-state index contributed by atoms with van der Waals surface area (Å²) < 4.78 is 40.3. The van der Waals surface area contributed by atoms with Crippen molar-refractivity contribution >= 4 is 36.1 Å². The smallest absolute Gasteiger partial charge is 0.419 e. The summed E-state index contributed by atoms with van der Waals surface area (Å²) in [6.45, 7) is 0. The number of rotatable bonds is 1. The fourth-order valence-corrected chi connectivity index (χ4v) is 1.16. The average molecular weight is 318 g/mol. The highest BCUT2D eigenvalue weighted by Gasteiger charge is 2.34. The molecule has 5 nitrogen and oxygen atoms in total. The molecule has 0 aliphatic rings. The van der Waals surface area contributed by atoms with Gasteiger partial charge >= 0.3 is 6.18 Å². The summed E-state index contributed by atoms with van der Waals surface area (Å²) >= 11 is 4.94. The molecule has 1 amide bonds. The third-order valence-electron chi connectivity index (χ3n) is 1.90. The number of hydrogen-bond acceptors (Lipinski definition) is 3. The van der Waals surface area contributed by atoms with Crippen LogP contribution in [0.2, 0.25) is 0 Å². The SMILES string of the molecule is Cl.NC(=NCl)NC(=O)c1ccc(O)c(C(F)(F)F)c1. The Labute approximate surface area is 116 Å². The van der Waals surface area contributed by atoms with Crippen LogP contribution >= 0.6 is 24.2 Å². The van der Waals surface area contributed by atoms with Gasteiger partial charge in [0.15, 0.2) is 0 Å². The maximum atomic E-state index is 12.5. The molecular formula is C9H8Cl2F3N3O2. The fraction of sp³-hybridized carbons (Fsp3) is 0.111. The van der Waals surface area contributed by atoms with Gasteiger partial charge in [-0.15, -0.1) is 16.9 Å². The molecule has 0 saturated carbocycles. The highest BCUT2D eigenvalue weighted by molar-refractivity contribution is 6.21. The van der Waals surface area contributed by atoms with Crippen molar-refractivity contribution in [3.8, 4) is 5.75 Å². The number of hydrogen-bond donors (Lipinski definition) is 3. The highest BCUT2D eigenvalue weighted by atomic mass is 35.5. The Balaban J connectivity index is 0.00000324. The lowest BCUT2D eigenvalue weighted by atomic mass is 10.1. The number of phenolic OH excluding ortho intramolecular Hbond substituents is 1. The van der Waals surface area contributed by atoms with Gasteiger partial charge in [-0.1, -0.05) is 0 Å². The van der Waals surface area contributed by atoms with Gasteiger partial charge in [0.25, 0.3) is 5.91 Å². The van der Waals surface area contributed by atoms with Crippen LogP contribution < -0.4 is 11.1 Å². The van der Waals surface area contributed by atoms with Gasteiger partial charge in [-0.25, -0.2) is 0 Å². The third kappa shape index (κ3) is 4.49. The van der Waals surface area contributed by atoms with E-state index in [1.54, 1.807) is 0 Å². The molecular weight excluding hydrogens is 310 g/mol. The molecule has 0 aliphatic carbocycles. The number of nitrogens with one attached hydrogen (secondary N) is 1. The Morgan fingerprint density at radius 2 is 2.00 bits per heavy atom. The van der Waals surface area contributed by atoms with E-state index in [0.717, 1.165) is 12.1 Å². The molecule has 0 bridgehead atoms. The van der Waals surface area contributed by atoms with Gasteiger partial charge in [0.1, 0.15) is 5.75 Å². The lowest BCUT2D eigenvalue weighted by Gasteiger charge is -2.10. The lowest BCUT2D eigenvalue weighted by molar-refractivity contribution is -0.138. The van der Waals surface area contributed by atoms with Gasteiger partial charge in [0.2, 0.25) is 5.96 Å². The number of aromatic hydroxyl groups is 1. The van der Waals surface area contributed by atoms with E-state index in [1.807, 2.05) is 5.32 Å². The summed E-state index contributed by atoms with van der Waals surface area (Å²) in [6, 6.07) is 2.25. The zero-order valence-electron chi connectivity index (χ0n) is 9.03. The van der Waals surface area contributed by atoms with Crippen LogP contribution in [0.4, 0.5) is 13.2 Å². The number of carbonyl (C=O) groups excluding carboxylic acids is 1. The Kier molecular flexibility index (Phi) is 5.91. The van der Waals surface area contributed by atoms with Crippen molar-refractivity contribution in [2.75, 3.05) is 0 Å². The van der Waals surface area contributed by atoms with E-state index in [-0.39, 0.29) is 18.0 Å². The summed E-state index contributed by atoms with van der Waals surface area (Å²) in [5.74, 6) is -2.36. The first-order chi connectivity index (χ1) is 8.25. The first-order valence-corrected chi connectivity index (χ1v) is 4.75. The lowest BCUT2D eigenvalue weighted by Crippen LogP contribution is -2.36. The number of halogens is 5. The van der Waals surface area contributed by atoms with E-state index in [9.17, 15) is 18.0 Å². The summed E-state index contributed by atoms with van der Waals surface area (Å²) in [5, 5.41) is 11.0. The van der Waals surface area contributed by atoms with Gasteiger partial charge < -0.3 is 10.8 Å². The standard InChI is InChI=1S/C9H7ClF3N3O2.ClH/c10-16-8(14)15-7(18)4-1-2-6(17)5(3-4)9(11,12)13;/h1-3,17H,(H3,14,15,16,18);1H. The first kappa shape index (κ1) is 17.3. The molecule has 1 aromatic carbocycles. The van der Waals surface area contributed by atoms with Crippen LogP contribution in [0.25, 0.3) is 0 Å². The zero-order valence-corrected chi connectivity index (χ0v) is 10.6. The van der Waals surface area contributed by atoms with Crippen molar-refractivity contribution in [2.24, 2.45) is 10.2 Å². The molecule has 106 valence electrons. The minimum atomic E-state index is -4.77. The van der Waals surface area contributed by atoms with Crippen LogP contribution in [0, 0.1) is 0 Å². The quantitative estimate of drug-likeness (QED) is 0.547. The maximum Gasteiger partial charge on any atom is 0.419 e. The molecule has 0 saturated heterocycles. The molecule has 0 heterocycles. The maximum absolute atomic E-state index is 12.5. The molecule has 0 atom stereocenters. The number of amides is 1. The van der Waals surface area contributed by atoms with Crippen LogP contribution in [0.5, 0.6) is 5.75 Å². The van der Waals surface area contributed by atoms with E-state index < -0.39 is 29.4 Å². The Bertz CT molecular complexity index is 506. The summed E-state index contributed by atoms with van der Waals surface area (Å²) in [4.78, 5) is 11.4. The molecule has 0 fully saturated rings. The van der Waals surface area contributed by atoms with Crippen molar-refractivity contribution in [1.29, 1.82) is 0 Å². The number of phenols is 1. The van der Waals surface area contributed by atoms with Gasteiger partial charge in [0.05, 0.1) is 5.56 Å². The van der Waals surface area contributed by atoms with Crippen LogP contribution in [-0.4, -0.2) is 17.0 Å². The molecule has 0 unspecified atom stereocenters. The molecule has 10 heteroatoms. The molecule has 0 spiro atoms. The van der Waals surface area contributed by atoms with Gasteiger partial charge in [0, 0.05) is 17.3 Å². The second kappa shape index (κ2) is 6.48. The average Bonchev–Trinajstić information content (AvgIpc) is 2.27. The number of alkyl halides is 3. The van der Waals surface area contributed by atoms with Crippen LogP contribution in [0.1, 0.15) is 15.9 Å². The Morgan fingerprint density at radius 1 is 1.42 bits per heavy atom. The minimum absolute atomic E-state index is 0. The van der Waals surface area contributed by atoms with Crippen molar-refractivity contribution < 1.29 is 23.1 Å². The number of nitrogens with zero attached hydrogens (tertiary/aromatic N) is 1. The van der Waals surface area contributed by atoms with E-state index in [4.69, 9.17) is 22.6 Å². The second-order valence-corrected chi connectivity index (χ2v) is 3.32. The largest absolute Gasteiger partial charge is 0.507 e. The molecule has 0 radical (unpaired) electrons. The highest BCUT2D eigenvalue weighted by Crippen LogP contribution is 2.35. The van der Waals surface area contributed by atoms with Crippen molar-refractivity contribution in [1.82, 2.24) is 5.32 Å². The predicted octanol–water partition coefficient (Wildman–Crippen LogP) is 2.03. The molecule has 1 aromatic rings. The molecule has 1 rings (SSSR count). The zero-order chi connectivity index (χ0) is 13.9. The Morgan fingerprint density at radius 3 is 2.47 bits per heavy atom. The van der Waals surface area contributed by atoms with Crippen LogP contribution in [-0.2, 0) is 6.18 Å². The number of nitrogens with two attached hydrogens (primary N) is 1. The normalized spacial score (nSPS) is 11.7. The first-order valence-electron chi connectivity index (χ1n) is 4.41. The van der Waals surface area contributed by atoms with Crippen molar-refractivity contribution in [3.63, 3.8) is 0 Å². The van der Waals surface area contributed by atoms with E-state index >= 15 is 0 Å². The summed E-state index contributed by atoms with van der Waals surface area (Å²) in [6.07, 6.45) is -4.77. The van der Waals surface area contributed by atoms with E-state index in [0.29, 0.717) is 6.07 Å². The van der Waals surface area contributed by atoms with Gasteiger partial charge in [-0.2, -0.15) is 13.2 Å². The van der Waals surface area contributed by atoms with Crippen LogP contribution in [0.15, 0.2) is 22.7 Å². The van der Waals surface area contributed by atoms with Crippen LogP contribution in [0.3, 0.4) is 0 Å². The monoisotopic (exact) mass is 317 g/mol. The minimum Gasteiger partial charge on any atom is -0.507 e. The summed E-state index contributed by atoms with van der Waals surface area (Å²) in [5.41, 5.74) is 3.41. The third-order valence-corrected chi connectivity index (χ3v) is 2.08. The number of carbonyl (C=O) groups is 1.